The summed E-state index contributed by atoms with van der Waals surface area (Å²) in [7, 11) is 0. The molecule has 4 nitrogen and oxygen atoms in total. The summed E-state index contributed by atoms with van der Waals surface area (Å²) in [6.07, 6.45) is 3.66. The maximum absolute atomic E-state index is 6.25. The normalized spacial score (nSPS) is 11.3. The van der Waals surface area contributed by atoms with Crippen LogP contribution in [0.2, 0.25) is 0 Å². The molecule has 0 saturated carbocycles. The maximum Gasteiger partial charge on any atom is 0.144 e. The number of hydrogen-bond acceptors (Lipinski definition) is 4. The molecule has 0 N–H and O–H groups in total. The Morgan fingerprint density at radius 3 is 2.22 bits per heavy atom. The van der Waals surface area contributed by atoms with Crippen LogP contribution in [0.5, 0.6) is 0 Å². The van der Waals surface area contributed by atoms with E-state index in [1.807, 2.05) is 55.6 Å². The first-order valence-corrected chi connectivity index (χ1v) is 10.5. The first-order chi connectivity index (χ1) is 15.8. The zero-order valence-corrected chi connectivity index (χ0v) is 17.5. The first kappa shape index (κ1) is 18.5. The number of fused-ring (bicyclic) bond motifs is 3. The van der Waals surface area contributed by atoms with Crippen LogP contribution in [-0.4, -0.2) is 15.0 Å². The Hall–Kier alpha value is -4.31. The molecule has 0 aliphatic heterocycles. The van der Waals surface area contributed by atoms with Gasteiger partial charge in [-0.25, -0.2) is 9.97 Å². The molecule has 3 aromatic heterocycles. The van der Waals surface area contributed by atoms with Crippen molar-refractivity contribution < 1.29 is 4.42 Å². The minimum absolute atomic E-state index is 0.714. The van der Waals surface area contributed by atoms with Crippen LogP contribution < -0.4 is 0 Å². The van der Waals surface area contributed by atoms with Gasteiger partial charge in [-0.3, -0.25) is 4.98 Å². The third-order valence-electron chi connectivity index (χ3n) is 5.69. The van der Waals surface area contributed by atoms with Crippen LogP contribution in [0.4, 0.5) is 0 Å². The highest BCUT2D eigenvalue weighted by atomic mass is 16.3. The standard InChI is InChI=1S/C28H19N3O/c1-18-30-25(21-10-3-2-9-20(21)19-8-7-15-29-17-19)16-26(31-18)24-13-6-12-23-22-11-4-5-14-27(22)32-28(23)24/h2-17H,1H3. The molecule has 6 rings (SSSR count). The minimum atomic E-state index is 0.714. The van der Waals surface area contributed by atoms with Crippen molar-refractivity contribution in [3.8, 4) is 33.6 Å². The number of pyridine rings is 1. The van der Waals surface area contributed by atoms with E-state index in [2.05, 4.69) is 47.4 Å². The third-order valence-corrected chi connectivity index (χ3v) is 5.69. The first-order valence-electron chi connectivity index (χ1n) is 10.5. The average Bonchev–Trinajstić information content (AvgIpc) is 3.23. The lowest BCUT2D eigenvalue weighted by atomic mass is 9.97. The quantitative estimate of drug-likeness (QED) is 0.311. The van der Waals surface area contributed by atoms with Gasteiger partial charge in [0.2, 0.25) is 0 Å². The second-order valence-electron chi connectivity index (χ2n) is 7.75. The summed E-state index contributed by atoms with van der Waals surface area (Å²) in [6.45, 7) is 1.93. The Balaban J connectivity index is 1.57. The van der Waals surface area contributed by atoms with E-state index in [1.165, 1.54) is 0 Å². The van der Waals surface area contributed by atoms with Crippen LogP contribution in [0.1, 0.15) is 5.82 Å². The Morgan fingerprint density at radius 2 is 1.38 bits per heavy atom. The fraction of sp³-hybridized carbons (Fsp3) is 0.0357. The van der Waals surface area contributed by atoms with Gasteiger partial charge in [-0.05, 0) is 36.8 Å². The number of hydrogen-bond donors (Lipinski definition) is 0. The topological polar surface area (TPSA) is 51.8 Å². The van der Waals surface area contributed by atoms with E-state index in [9.17, 15) is 0 Å². The second kappa shape index (κ2) is 7.43. The van der Waals surface area contributed by atoms with Crippen molar-refractivity contribution >= 4 is 21.9 Å². The molecule has 6 aromatic rings. The summed E-state index contributed by atoms with van der Waals surface area (Å²) in [6, 6.07) is 28.7. The summed E-state index contributed by atoms with van der Waals surface area (Å²) in [5.74, 6) is 0.714. The van der Waals surface area contributed by atoms with Crippen LogP contribution in [0.25, 0.3) is 55.6 Å². The molecule has 0 fully saturated rings. The molecule has 4 heteroatoms. The fourth-order valence-corrected chi connectivity index (χ4v) is 4.27. The van der Waals surface area contributed by atoms with Crippen molar-refractivity contribution in [3.05, 3.63) is 103 Å². The smallest absolute Gasteiger partial charge is 0.144 e. The monoisotopic (exact) mass is 413 g/mol. The summed E-state index contributed by atoms with van der Waals surface area (Å²) in [5, 5.41) is 2.20. The Labute approximate surface area is 185 Å². The number of aromatic nitrogens is 3. The molecule has 0 bridgehead atoms. The highest BCUT2D eigenvalue weighted by Gasteiger charge is 2.16. The molecule has 0 aliphatic rings. The molecule has 0 unspecified atom stereocenters. The van der Waals surface area contributed by atoms with Gasteiger partial charge in [0.15, 0.2) is 0 Å². The van der Waals surface area contributed by atoms with Crippen LogP contribution in [-0.2, 0) is 0 Å². The molecule has 0 radical (unpaired) electrons. The van der Waals surface area contributed by atoms with Crippen LogP contribution in [0, 0.1) is 6.92 Å². The maximum atomic E-state index is 6.25. The zero-order chi connectivity index (χ0) is 21.5. The van der Waals surface area contributed by atoms with Gasteiger partial charge in [-0.1, -0.05) is 60.7 Å². The summed E-state index contributed by atoms with van der Waals surface area (Å²) in [4.78, 5) is 13.8. The third kappa shape index (κ3) is 3.05. The Bertz CT molecular complexity index is 1590. The molecule has 0 amide bonds. The van der Waals surface area contributed by atoms with Crippen LogP contribution in [0.3, 0.4) is 0 Å². The number of aryl methyl sites for hydroxylation is 1. The molecular formula is C28H19N3O. The van der Waals surface area contributed by atoms with Gasteiger partial charge in [-0.2, -0.15) is 0 Å². The van der Waals surface area contributed by atoms with Gasteiger partial charge in [0, 0.05) is 39.9 Å². The lowest BCUT2D eigenvalue weighted by Crippen LogP contribution is -1.96. The number of rotatable bonds is 3. The van der Waals surface area contributed by atoms with Crippen molar-refractivity contribution in [1.82, 2.24) is 15.0 Å². The summed E-state index contributed by atoms with van der Waals surface area (Å²) in [5.41, 5.74) is 7.60. The van der Waals surface area contributed by atoms with E-state index in [0.717, 1.165) is 55.6 Å². The van der Waals surface area contributed by atoms with E-state index in [0.29, 0.717) is 5.82 Å². The van der Waals surface area contributed by atoms with E-state index in [-0.39, 0.29) is 0 Å². The average molecular weight is 413 g/mol. The highest BCUT2D eigenvalue weighted by Crippen LogP contribution is 2.37. The van der Waals surface area contributed by atoms with E-state index >= 15 is 0 Å². The van der Waals surface area contributed by atoms with Crippen molar-refractivity contribution in [2.75, 3.05) is 0 Å². The van der Waals surface area contributed by atoms with Crippen molar-refractivity contribution in [2.24, 2.45) is 0 Å². The molecule has 0 atom stereocenters. The van der Waals surface area contributed by atoms with Crippen molar-refractivity contribution in [2.45, 2.75) is 6.92 Å². The Kier molecular flexibility index (Phi) is 4.29. The Morgan fingerprint density at radius 1 is 0.656 bits per heavy atom. The van der Waals surface area contributed by atoms with E-state index in [4.69, 9.17) is 14.4 Å². The second-order valence-corrected chi connectivity index (χ2v) is 7.75. The highest BCUT2D eigenvalue weighted by molar-refractivity contribution is 6.09. The molecule has 32 heavy (non-hydrogen) atoms. The number of furan rings is 1. The van der Waals surface area contributed by atoms with Crippen molar-refractivity contribution in [1.29, 1.82) is 0 Å². The number of para-hydroxylation sites is 2. The SMILES string of the molecule is Cc1nc(-c2ccccc2-c2cccnc2)cc(-c2cccc3c2oc2ccccc23)n1. The predicted molar refractivity (Wildman–Crippen MR) is 128 cm³/mol. The molecule has 3 heterocycles. The molecule has 0 saturated heterocycles. The van der Waals surface area contributed by atoms with Gasteiger partial charge in [0.1, 0.15) is 17.0 Å². The lowest BCUT2D eigenvalue weighted by molar-refractivity contribution is 0.670. The molecule has 3 aromatic carbocycles. The summed E-state index contributed by atoms with van der Waals surface area (Å²) >= 11 is 0. The van der Waals surface area contributed by atoms with Gasteiger partial charge in [0.25, 0.3) is 0 Å². The zero-order valence-electron chi connectivity index (χ0n) is 17.5. The molecule has 0 aliphatic carbocycles. The van der Waals surface area contributed by atoms with E-state index < -0.39 is 0 Å². The van der Waals surface area contributed by atoms with Gasteiger partial charge in [0.05, 0.1) is 11.4 Å². The minimum Gasteiger partial charge on any atom is -0.455 e. The van der Waals surface area contributed by atoms with Crippen LogP contribution >= 0.6 is 0 Å². The predicted octanol–water partition coefficient (Wildman–Crippen LogP) is 7.08. The molecule has 0 spiro atoms. The number of benzene rings is 3. The molecular weight excluding hydrogens is 394 g/mol. The van der Waals surface area contributed by atoms with Crippen molar-refractivity contribution in [3.63, 3.8) is 0 Å². The largest absolute Gasteiger partial charge is 0.455 e. The van der Waals surface area contributed by atoms with Gasteiger partial charge >= 0.3 is 0 Å². The van der Waals surface area contributed by atoms with E-state index in [1.54, 1.807) is 6.20 Å². The summed E-state index contributed by atoms with van der Waals surface area (Å²) < 4.78 is 6.25. The van der Waals surface area contributed by atoms with Gasteiger partial charge < -0.3 is 4.42 Å². The number of nitrogens with zero attached hydrogens (tertiary/aromatic N) is 3. The van der Waals surface area contributed by atoms with Gasteiger partial charge in [-0.15, -0.1) is 0 Å². The van der Waals surface area contributed by atoms with Crippen LogP contribution in [0.15, 0.2) is 102 Å². The lowest BCUT2D eigenvalue weighted by Gasteiger charge is -2.11. The molecule has 152 valence electrons. The fourth-order valence-electron chi connectivity index (χ4n) is 4.27.